The van der Waals surface area contributed by atoms with Gasteiger partial charge < -0.3 is 9.84 Å². The first kappa shape index (κ1) is 17.8. The van der Waals surface area contributed by atoms with E-state index in [9.17, 15) is 5.11 Å². The van der Waals surface area contributed by atoms with Gasteiger partial charge >= 0.3 is 0 Å². The highest BCUT2D eigenvalue weighted by Gasteiger charge is 2.43. The van der Waals surface area contributed by atoms with E-state index in [0.29, 0.717) is 5.92 Å². The third-order valence-electron chi connectivity index (χ3n) is 5.70. The Kier molecular flexibility index (Phi) is 5.58. The highest BCUT2D eigenvalue weighted by molar-refractivity contribution is 5.14. The van der Waals surface area contributed by atoms with Crippen LogP contribution in [-0.2, 0) is 17.7 Å². The molecule has 3 heterocycles. The molecule has 2 aliphatic heterocycles. The fourth-order valence-electron chi connectivity index (χ4n) is 4.03. The molecule has 1 aromatic heterocycles. The molecule has 0 unspecified atom stereocenters. The highest BCUT2D eigenvalue weighted by atomic mass is 16.5. The third kappa shape index (κ3) is 4.16. The largest absolute Gasteiger partial charge is 0.393 e. The zero-order valence-corrected chi connectivity index (χ0v) is 15.4. The Labute approximate surface area is 146 Å². The lowest BCUT2D eigenvalue weighted by Crippen LogP contribution is -2.53. The van der Waals surface area contributed by atoms with Gasteiger partial charge in [-0.3, -0.25) is 9.88 Å². The minimum absolute atomic E-state index is 0.109. The molecule has 0 bridgehead atoms. The fraction of sp³-hybridized carbons (Fsp3) is 0.750. The van der Waals surface area contributed by atoms with Gasteiger partial charge in [-0.25, -0.2) is 0 Å². The number of pyridine rings is 1. The fourth-order valence-corrected chi connectivity index (χ4v) is 4.03. The van der Waals surface area contributed by atoms with Crippen molar-refractivity contribution in [1.82, 2.24) is 9.88 Å². The van der Waals surface area contributed by atoms with Crippen molar-refractivity contribution in [2.45, 2.75) is 77.2 Å². The van der Waals surface area contributed by atoms with Crippen molar-refractivity contribution in [2.75, 3.05) is 13.1 Å². The van der Waals surface area contributed by atoms with Crippen molar-refractivity contribution in [2.24, 2.45) is 5.92 Å². The summed E-state index contributed by atoms with van der Waals surface area (Å²) in [6.45, 7) is 9.50. The van der Waals surface area contributed by atoms with E-state index in [2.05, 4.69) is 42.8 Å². The van der Waals surface area contributed by atoms with Crippen LogP contribution in [0.1, 0.15) is 57.7 Å². The van der Waals surface area contributed by atoms with Crippen LogP contribution < -0.4 is 0 Å². The third-order valence-corrected chi connectivity index (χ3v) is 5.70. The van der Waals surface area contributed by atoms with E-state index in [4.69, 9.17) is 4.74 Å². The number of aryl methyl sites for hydroxylation is 1. The maximum absolute atomic E-state index is 10.3. The van der Waals surface area contributed by atoms with Gasteiger partial charge in [0.2, 0.25) is 0 Å². The summed E-state index contributed by atoms with van der Waals surface area (Å²) in [6, 6.07) is 4.33. The topological polar surface area (TPSA) is 45.6 Å². The van der Waals surface area contributed by atoms with Gasteiger partial charge in [0.15, 0.2) is 0 Å². The maximum Gasteiger partial charge on any atom is 0.0735 e. The Hall–Kier alpha value is -0.970. The minimum atomic E-state index is -0.207. The van der Waals surface area contributed by atoms with Crippen LogP contribution in [0.2, 0.25) is 0 Å². The van der Waals surface area contributed by atoms with E-state index in [1.54, 1.807) is 0 Å². The average molecular weight is 332 g/mol. The Morgan fingerprint density at radius 3 is 2.67 bits per heavy atom. The SMILES string of the molecule is CCc1ccc(CN2CCC3(CC2)C[C@H](O)C[C@H](C(C)C)O3)nc1. The standard InChI is InChI=1S/C20H32N2O2/c1-4-16-5-6-17(21-13-16)14-22-9-7-20(8-10-22)12-18(23)11-19(24-20)15(2)3/h5-6,13,15,18-19,23H,4,7-12,14H2,1-3H3/t18-,19-/m1/s1. The predicted octanol–water partition coefficient (Wildman–Crippen LogP) is 3.17. The lowest BCUT2D eigenvalue weighted by molar-refractivity contribution is -0.193. The molecule has 2 saturated heterocycles. The Morgan fingerprint density at radius 2 is 2.08 bits per heavy atom. The molecule has 1 aromatic rings. The molecular weight excluding hydrogens is 300 g/mol. The molecule has 0 aliphatic carbocycles. The summed E-state index contributed by atoms with van der Waals surface area (Å²) < 4.78 is 6.47. The lowest BCUT2D eigenvalue weighted by atomic mass is 9.80. The Morgan fingerprint density at radius 1 is 1.33 bits per heavy atom. The number of aliphatic hydroxyl groups excluding tert-OH is 1. The second-order valence-electron chi connectivity index (χ2n) is 7.96. The molecule has 0 aromatic carbocycles. The first-order valence-electron chi connectivity index (χ1n) is 9.52. The molecule has 2 aliphatic rings. The molecule has 4 nitrogen and oxygen atoms in total. The molecule has 24 heavy (non-hydrogen) atoms. The van der Waals surface area contributed by atoms with Crippen LogP contribution in [0.5, 0.6) is 0 Å². The number of likely N-dealkylation sites (tertiary alicyclic amines) is 1. The number of hydrogen-bond acceptors (Lipinski definition) is 4. The second-order valence-corrected chi connectivity index (χ2v) is 7.96. The van der Waals surface area contributed by atoms with Crippen molar-refractivity contribution in [3.05, 3.63) is 29.6 Å². The molecule has 2 fully saturated rings. The van der Waals surface area contributed by atoms with Crippen molar-refractivity contribution in [1.29, 1.82) is 0 Å². The monoisotopic (exact) mass is 332 g/mol. The van der Waals surface area contributed by atoms with Crippen LogP contribution in [0, 0.1) is 5.92 Å². The number of aromatic nitrogens is 1. The van der Waals surface area contributed by atoms with Gasteiger partial charge in [0.1, 0.15) is 0 Å². The summed E-state index contributed by atoms with van der Waals surface area (Å²) in [6.07, 6.45) is 6.64. The van der Waals surface area contributed by atoms with Gasteiger partial charge in [-0.05, 0) is 43.2 Å². The summed E-state index contributed by atoms with van der Waals surface area (Å²) >= 11 is 0. The zero-order valence-electron chi connectivity index (χ0n) is 15.4. The van der Waals surface area contributed by atoms with Crippen molar-refractivity contribution in [3.63, 3.8) is 0 Å². The number of ether oxygens (including phenoxy) is 1. The van der Waals surface area contributed by atoms with Crippen molar-refractivity contribution < 1.29 is 9.84 Å². The van der Waals surface area contributed by atoms with Crippen molar-refractivity contribution >= 4 is 0 Å². The number of piperidine rings is 1. The van der Waals surface area contributed by atoms with Gasteiger partial charge in [-0.1, -0.05) is 26.8 Å². The molecule has 2 atom stereocenters. The van der Waals surface area contributed by atoms with E-state index in [-0.39, 0.29) is 17.8 Å². The zero-order chi connectivity index (χ0) is 17.2. The van der Waals surface area contributed by atoms with Gasteiger partial charge in [-0.2, -0.15) is 0 Å². The maximum atomic E-state index is 10.3. The van der Waals surface area contributed by atoms with Gasteiger partial charge in [0, 0.05) is 32.3 Å². The molecule has 4 heteroatoms. The normalized spacial score (nSPS) is 27.7. The number of nitrogens with zero attached hydrogens (tertiary/aromatic N) is 2. The average Bonchev–Trinajstić information content (AvgIpc) is 2.57. The molecule has 134 valence electrons. The minimum Gasteiger partial charge on any atom is -0.393 e. The van der Waals surface area contributed by atoms with Crippen LogP contribution in [0.4, 0.5) is 0 Å². The molecule has 0 amide bonds. The van der Waals surface area contributed by atoms with Crippen LogP contribution in [0.3, 0.4) is 0 Å². The van der Waals surface area contributed by atoms with Gasteiger partial charge in [-0.15, -0.1) is 0 Å². The first-order valence-corrected chi connectivity index (χ1v) is 9.52. The van der Waals surface area contributed by atoms with E-state index < -0.39 is 0 Å². The Balaban J connectivity index is 1.56. The van der Waals surface area contributed by atoms with Crippen LogP contribution in [0.15, 0.2) is 18.3 Å². The summed E-state index contributed by atoms with van der Waals surface area (Å²) in [5.41, 5.74) is 2.33. The first-order chi connectivity index (χ1) is 11.5. The molecule has 0 saturated carbocycles. The second kappa shape index (κ2) is 7.51. The quantitative estimate of drug-likeness (QED) is 0.920. The predicted molar refractivity (Wildman–Crippen MR) is 95.8 cm³/mol. The number of rotatable bonds is 4. The highest BCUT2D eigenvalue weighted by Crippen LogP contribution is 2.39. The molecule has 1 spiro atoms. The van der Waals surface area contributed by atoms with E-state index >= 15 is 0 Å². The summed E-state index contributed by atoms with van der Waals surface area (Å²) in [5, 5.41) is 10.3. The van der Waals surface area contributed by atoms with Gasteiger partial charge in [0.05, 0.1) is 23.5 Å². The van der Waals surface area contributed by atoms with Crippen LogP contribution >= 0.6 is 0 Å². The van der Waals surface area contributed by atoms with E-state index in [1.165, 1.54) is 5.56 Å². The Bertz CT molecular complexity index is 521. The summed E-state index contributed by atoms with van der Waals surface area (Å²) in [4.78, 5) is 7.05. The summed E-state index contributed by atoms with van der Waals surface area (Å²) in [7, 11) is 0. The lowest BCUT2D eigenvalue weighted by Gasteiger charge is -2.48. The van der Waals surface area contributed by atoms with Gasteiger partial charge in [0.25, 0.3) is 0 Å². The van der Waals surface area contributed by atoms with Crippen LogP contribution in [0.25, 0.3) is 0 Å². The molecule has 1 N–H and O–H groups in total. The smallest absolute Gasteiger partial charge is 0.0735 e. The van der Waals surface area contributed by atoms with E-state index in [0.717, 1.165) is 57.4 Å². The number of hydrogen-bond donors (Lipinski definition) is 1. The number of aliphatic hydroxyl groups is 1. The van der Waals surface area contributed by atoms with Crippen LogP contribution in [-0.4, -0.2) is 45.9 Å². The molecule has 3 rings (SSSR count). The van der Waals surface area contributed by atoms with Crippen molar-refractivity contribution in [3.8, 4) is 0 Å². The molecular formula is C20H32N2O2. The van der Waals surface area contributed by atoms with E-state index in [1.807, 2.05) is 6.20 Å². The molecule has 0 radical (unpaired) electrons. The summed E-state index contributed by atoms with van der Waals surface area (Å²) in [5.74, 6) is 0.469.